The summed E-state index contributed by atoms with van der Waals surface area (Å²) in [5, 5.41) is 6.73. The molecule has 0 amide bonds. The molecule has 0 atom stereocenters. The van der Waals surface area contributed by atoms with E-state index in [1.165, 1.54) is 5.56 Å². The molecule has 2 aromatic heterocycles. The van der Waals surface area contributed by atoms with E-state index in [9.17, 15) is 0 Å². The molecule has 0 unspecified atom stereocenters. The first-order valence-corrected chi connectivity index (χ1v) is 7.45. The predicted molar refractivity (Wildman–Crippen MR) is 77.9 cm³/mol. The van der Waals surface area contributed by atoms with Gasteiger partial charge in [0.2, 0.25) is 0 Å². The van der Waals surface area contributed by atoms with Crippen molar-refractivity contribution in [3.63, 3.8) is 0 Å². The molecule has 2 aromatic rings. The van der Waals surface area contributed by atoms with E-state index in [2.05, 4.69) is 32.5 Å². The van der Waals surface area contributed by atoms with Crippen LogP contribution in [0.25, 0.3) is 10.2 Å². The fourth-order valence-electron chi connectivity index (χ4n) is 2.31. The van der Waals surface area contributed by atoms with Crippen LogP contribution in [0.1, 0.15) is 5.56 Å². The molecule has 1 saturated heterocycles. The number of rotatable bonds is 4. The molecule has 3 rings (SSSR count). The average molecular weight is 278 g/mol. The molecule has 0 radical (unpaired) electrons. The quantitative estimate of drug-likeness (QED) is 0.923. The van der Waals surface area contributed by atoms with Gasteiger partial charge in [0.05, 0.1) is 18.6 Å². The second kappa shape index (κ2) is 5.81. The lowest BCUT2D eigenvalue weighted by atomic mass is 10.2. The SMILES string of the molecule is Cc1csc2ncnc(NCCN3CCOCC3)c12. The Morgan fingerprint density at radius 2 is 2.21 bits per heavy atom. The van der Waals surface area contributed by atoms with Gasteiger partial charge in [-0.2, -0.15) is 0 Å². The Kier molecular flexibility index (Phi) is 3.91. The highest BCUT2D eigenvalue weighted by Gasteiger charge is 2.11. The summed E-state index contributed by atoms with van der Waals surface area (Å²) in [5.41, 5.74) is 1.24. The molecular formula is C13H18N4OS. The summed E-state index contributed by atoms with van der Waals surface area (Å²) < 4.78 is 5.35. The number of anilines is 1. The van der Waals surface area contributed by atoms with Crippen molar-refractivity contribution in [2.75, 3.05) is 44.7 Å². The summed E-state index contributed by atoms with van der Waals surface area (Å²) in [6, 6.07) is 0. The maximum absolute atomic E-state index is 5.35. The predicted octanol–water partition coefficient (Wildman–Crippen LogP) is 1.74. The molecule has 0 aromatic carbocycles. The zero-order chi connectivity index (χ0) is 13.1. The van der Waals surface area contributed by atoms with Crippen molar-refractivity contribution >= 4 is 27.4 Å². The number of ether oxygens (including phenoxy) is 1. The smallest absolute Gasteiger partial charge is 0.138 e. The van der Waals surface area contributed by atoms with Crippen LogP contribution in [0, 0.1) is 6.92 Å². The molecule has 3 heterocycles. The van der Waals surface area contributed by atoms with Crippen molar-refractivity contribution in [1.82, 2.24) is 14.9 Å². The van der Waals surface area contributed by atoms with Gasteiger partial charge in [-0.3, -0.25) is 4.90 Å². The van der Waals surface area contributed by atoms with Crippen molar-refractivity contribution in [3.05, 3.63) is 17.3 Å². The van der Waals surface area contributed by atoms with Crippen LogP contribution in [0.2, 0.25) is 0 Å². The van der Waals surface area contributed by atoms with Gasteiger partial charge in [-0.15, -0.1) is 11.3 Å². The lowest BCUT2D eigenvalue weighted by Gasteiger charge is -2.26. The summed E-state index contributed by atoms with van der Waals surface area (Å²) in [7, 11) is 0. The second-order valence-electron chi connectivity index (χ2n) is 4.70. The van der Waals surface area contributed by atoms with Crippen molar-refractivity contribution < 1.29 is 4.74 Å². The first-order chi connectivity index (χ1) is 9.34. The molecule has 0 spiro atoms. The Morgan fingerprint density at radius 1 is 1.37 bits per heavy atom. The zero-order valence-electron chi connectivity index (χ0n) is 11.1. The Labute approximate surface area is 116 Å². The number of hydrogen-bond donors (Lipinski definition) is 1. The third-order valence-corrected chi connectivity index (χ3v) is 4.38. The second-order valence-corrected chi connectivity index (χ2v) is 5.56. The zero-order valence-corrected chi connectivity index (χ0v) is 11.9. The van der Waals surface area contributed by atoms with Gasteiger partial charge in [0, 0.05) is 26.2 Å². The Hall–Kier alpha value is -1.24. The van der Waals surface area contributed by atoms with Gasteiger partial charge >= 0.3 is 0 Å². The van der Waals surface area contributed by atoms with Crippen LogP contribution in [0.3, 0.4) is 0 Å². The molecule has 1 N–H and O–H groups in total. The molecule has 6 heteroatoms. The minimum absolute atomic E-state index is 0.849. The number of aryl methyl sites for hydroxylation is 1. The number of nitrogens with zero attached hydrogens (tertiary/aromatic N) is 3. The molecule has 1 fully saturated rings. The van der Waals surface area contributed by atoms with Gasteiger partial charge in [0.1, 0.15) is 17.0 Å². The summed E-state index contributed by atoms with van der Waals surface area (Å²) in [5.74, 6) is 0.956. The van der Waals surface area contributed by atoms with E-state index in [1.54, 1.807) is 17.7 Å². The van der Waals surface area contributed by atoms with Crippen LogP contribution in [0.5, 0.6) is 0 Å². The van der Waals surface area contributed by atoms with E-state index >= 15 is 0 Å². The molecule has 0 bridgehead atoms. The van der Waals surface area contributed by atoms with Crippen LogP contribution in [0.15, 0.2) is 11.7 Å². The lowest BCUT2D eigenvalue weighted by molar-refractivity contribution is 0.0398. The minimum Gasteiger partial charge on any atom is -0.379 e. The number of thiophene rings is 1. The highest BCUT2D eigenvalue weighted by atomic mass is 32.1. The number of morpholine rings is 1. The number of hydrogen-bond acceptors (Lipinski definition) is 6. The summed E-state index contributed by atoms with van der Waals surface area (Å²) in [6.07, 6.45) is 1.63. The van der Waals surface area contributed by atoms with E-state index in [1.807, 2.05) is 0 Å². The van der Waals surface area contributed by atoms with Crippen LogP contribution >= 0.6 is 11.3 Å². The van der Waals surface area contributed by atoms with Gasteiger partial charge in [-0.25, -0.2) is 9.97 Å². The Morgan fingerprint density at radius 3 is 3.05 bits per heavy atom. The number of aromatic nitrogens is 2. The fraction of sp³-hybridized carbons (Fsp3) is 0.538. The van der Waals surface area contributed by atoms with E-state index in [-0.39, 0.29) is 0 Å². The van der Waals surface area contributed by atoms with Gasteiger partial charge < -0.3 is 10.1 Å². The average Bonchev–Trinajstić information content (AvgIpc) is 2.83. The topological polar surface area (TPSA) is 50.3 Å². The van der Waals surface area contributed by atoms with E-state index in [0.717, 1.165) is 55.4 Å². The maximum atomic E-state index is 5.35. The largest absolute Gasteiger partial charge is 0.379 e. The molecule has 102 valence electrons. The van der Waals surface area contributed by atoms with Crippen molar-refractivity contribution in [2.24, 2.45) is 0 Å². The van der Waals surface area contributed by atoms with Crippen molar-refractivity contribution in [3.8, 4) is 0 Å². The monoisotopic (exact) mass is 278 g/mol. The standard InChI is InChI=1S/C13H18N4OS/c1-10-8-19-13-11(10)12(15-9-16-13)14-2-3-17-4-6-18-7-5-17/h8-9H,2-7H2,1H3,(H,14,15,16). The number of fused-ring (bicyclic) bond motifs is 1. The third-order valence-electron chi connectivity index (χ3n) is 3.38. The first-order valence-electron chi connectivity index (χ1n) is 6.57. The summed E-state index contributed by atoms with van der Waals surface area (Å²) >= 11 is 1.67. The van der Waals surface area contributed by atoms with Crippen molar-refractivity contribution in [1.29, 1.82) is 0 Å². The van der Waals surface area contributed by atoms with Crippen LogP contribution in [-0.2, 0) is 4.74 Å². The van der Waals surface area contributed by atoms with Gasteiger partial charge in [0.15, 0.2) is 0 Å². The lowest BCUT2D eigenvalue weighted by Crippen LogP contribution is -2.39. The van der Waals surface area contributed by atoms with Crippen molar-refractivity contribution in [2.45, 2.75) is 6.92 Å². The van der Waals surface area contributed by atoms with Gasteiger partial charge in [-0.05, 0) is 17.9 Å². The van der Waals surface area contributed by atoms with Gasteiger partial charge in [0.25, 0.3) is 0 Å². The molecular weight excluding hydrogens is 260 g/mol. The number of nitrogens with one attached hydrogen (secondary N) is 1. The molecule has 19 heavy (non-hydrogen) atoms. The Balaban J connectivity index is 1.63. The normalized spacial score (nSPS) is 16.9. The molecule has 5 nitrogen and oxygen atoms in total. The van der Waals surface area contributed by atoms with Crippen LogP contribution in [-0.4, -0.2) is 54.3 Å². The minimum atomic E-state index is 0.849. The van der Waals surface area contributed by atoms with Gasteiger partial charge in [-0.1, -0.05) is 0 Å². The van der Waals surface area contributed by atoms with E-state index in [4.69, 9.17) is 4.74 Å². The molecule has 1 aliphatic rings. The highest BCUT2D eigenvalue weighted by molar-refractivity contribution is 7.17. The fourth-order valence-corrected chi connectivity index (χ4v) is 3.20. The van der Waals surface area contributed by atoms with E-state index in [0.29, 0.717) is 0 Å². The molecule has 1 aliphatic heterocycles. The van der Waals surface area contributed by atoms with E-state index < -0.39 is 0 Å². The third kappa shape index (κ3) is 2.86. The Bertz CT molecular complexity index is 551. The maximum Gasteiger partial charge on any atom is 0.138 e. The summed E-state index contributed by atoms with van der Waals surface area (Å²) in [4.78, 5) is 12.1. The summed E-state index contributed by atoms with van der Waals surface area (Å²) in [6.45, 7) is 7.79. The first kappa shape index (κ1) is 12.8. The molecule has 0 aliphatic carbocycles. The highest BCUT2D eigenvalue weighted by Crippen LogP contribution is 2.28. The molecule has 0 saturated carbocycles. The van der Waals surface area contributed by atoms with Crippen LogP contribution < -0.4 is 5.32 Å². The van der Waals surface area contributed by atoms with Crippen LogP contribution in [0.4, 0.5) is 5.82 Å².